The predicted octanol–water partition coefficient (Wildman–Crippen LogP) is 2.71. The van der Waals surface area contributed by atoms with Crippen LogP contribution in [0, 0.1) is 11.3 Å². The zero-order valence-electron chi connectivity index (χ0n) is 10.0. The smallest absolute Gasteiger partial charge is 0.185 e. The zero-order valence-corrected chi connectivity index (χ0v) is 11.6. The van der Waals surface area contributed by atoms with Crippen LogP contribution in [-0.2, 0) is 0 Å². The van der Waals surface area contributed by atoms with Gasteiger partial charge < -0.3 is 10.2 Å². The summed E-state index contributed by atoms with van der Waals surface area (Å²) in [6, 6.07) is 3.27. The van der Waals surface area contributed by atoms with Gasteiger partial charge in [-0.3, -0.25) is 0 Å². The predicted molar refractivity (Wildman–Crippen MR) is 73.1 cm³/mol. The molecule has 2 fully saturated rings. The number of nitriles is 1. The van der Waals surface area contributed by atoms with Gasteiger partial charge in [0.2, 0.25) is 0 Å². The van der Waals surface area contributed by atoms with Crippen LogP contribution >= 0.6 is 22.9 Å². The van der Waals surface area contributed by atoms with Gasteiger partial charge in [0.15, 0.2) is 10.3 Å². The molecule has 2 aliphatic heterocycles. The number of aromatic nitrogens is 1. The molecule has 4 nitrogen and oxygen atoms in total. The summed E-state index contributed by atoms with van der Waals surface area (Å²) >= 11 is 7.23. The van der Waals surface area contributed by atoms with Crippen molar-refractivity contribution < 1.29 is 0 Å². The van der Waals surface area contributed by atoms with Crippen molar-refractivity contribution in [2.24, 2.45) is 0 Å². The lowest BCUT2D eigenvalue weighted by Gasteiger charge is -2.35. The molecule has 18 heavy (non-hydrogen) atoms. The summed E-state index contributed by atoms with van der Waals surface area (Å²) < 4.78 is 0. The fourth-order valence-electron chi connectivity index (χ4n) is 2.96. The molecule has 96 valence electrons. The molecular formula is C12H15ClN4S. The van der Waals surface area contributed by atoms with E-state index in [1.165, 1.54) is 43.7 Å². The second-order valence-corrected chi connectivity index (χ2v) is 6.31. The lowest BCUT2D eigenvalue weighted by Crippen LogP contribution is -2.42. The molecule has 0 amide bonds. The average Bonchev–Trinajstić information content (AvgIpc) is 2.95. The van der Waals surface area contributed by atoms with Gasteiger partial charge in [0, 0.05) is 18.6 Å². The van der Waals surface area contributed by atoms with Gasteiger partial charge in [-0.25, -0.2) is 4.98 Å². The first-order chi connectivity index (χ1) is 8.76. The molecule has 0 saturated carbocycles. The van der Waals surface area contributed by atoms with E-state index in [-0.39, 0.29) is 0 Å². The van der Waals surface area contributed by atoms with E-state index in [2.05, 4.69) is 21.3 Å². The Kier molecular flexibility index (Phi) is 3.42. The second kappa shape index (κ2) is 5.04. The summed E-state index contributed by atoms with van der Waals surface area (Å²) in [5, 5.41) is 13.4. The van der Waals surface area contributed by atoms with Crippen molar-refractivity contribution in [2.45, 2.75) is 37.8 Å². The Morgan fingerprint density at radius 2 is 2.33 bits per heavy atom. The number of nitrogens with zero attached hydrogens (tertiary/aromatic N) is 3. The molecule has 0 radical (unpaired) electrons. The van der Waals surface area contributed by atoms with E-state index in [0.29, 0.717) is 16.1 Å². The van der Waals surface area contributed by atoms with Crippen LogP contribution in [0.1, 0.15) is 30.6 Å². The summed E-state index contributed by atoms with van der Waals surface area (Å²) in [7, 11) is 0. The maximum atomic E-state index is 8.86. The molecule has 0 aromatic carbocycles. The number of fused-ring (bicyclic) bond motifs is 1. The van der Waals surface area contributed by atoms with Crippen LogP contribution < -0.4 is 5.32 Å². The van der Waals surface area contributed by atoms with E-state index < -0.39 is 0 Å². The number of hydrogen-bond donors (Lipinski definition) is 1. The number of rotatable bonds is 2. The second-order valence-electron chi connectivity index (χ2n) is 4.95. The molecule has 2 atom stereocenters. The van der Waals surface area contributed by atoms with E-state index in [1.807, 2.05) is 0 Å². The quantitative estimate of drug-likeness (QED) is 0.906. The largest absolute Gasteiger partial charge is 0.359 e. The first-order valence-corrected chi connectivity index (χ1v) is 7.52. The van der Waals surface area contributed by atoms with Gasteiger partial charge >= 0.3 is 0 Å². The minimum atomic E-state index is 0.323. The third-order valence-corrected chi connectivity index (χ3v) is 5.11. The van der Waals surface area contributed by atoms with E-state index >= 15 is 0 Å². The van der Waals surface area contributed by atoms with Crippen molar-refractivity contribution in [3.8, 4) is 6.07 Å². The van der Waals surface area contributed by atoms with Gasteiger partial charge in [-0.15, -0.1) is 0 Å². The minimum absolute atomic E-state index is 0.323. The lowest BCUT2D eigenvalue weighted by molar-refractivity contribution is 0.188. The molecule has 1 aromatic rings. The van der Waals surface area contributed by atoms with Gasteiger partial charge in [-0.05, 0) is 32.2 Å². The van der Waals surface area contributed by atoms with Crippen molar-refractivity contribution in [1.82, 2.24) is 9.88 Å². The summed E-state index contributed by atoms with van der Waals surface area (Å²) in [5.41, 5.74) is 0. The first kappa shape index (κ1) is 12.2. The van der Waals surface area contributed by atoms with Crippen LogP contribution in [0.25, 0.3) is 0 Å². The number of thiazole rings is 1. The third-order valence-electron chi connectivity index (χ3n) is 3.84. The van der Waals surface area contributed by atoms with E-state index in [0.717, 1.165) is 17.6 Å². The highest BCUT2D eigenvalue weighted by atomic mass is 35.5. The number of nitrogens with one attached hydrogen (secondary N) is 1. The van der Waals surface area contributed by atoms with Crippen molar-refractivity contribution in [1.29, 1.82) is 5.26 Å². The van der Waals surface area contributed by atoms with Crippen LogP contribution in [0.4, 0.5) is 5.13 Å². The van der Waals surface area contributed by atoms with E-state index in [1.54, 1.807) is 0 Å². The number of piperidine rings is 1. The standard InChI is InChI=1S/C12H15ClN4S/c13-11-10(7-14)18-12(16-11)15-8-3-5-17-4-1-2-9(17)6-8/h8-9H,1-6H2,(H,15,16). The summed E-state index contributed by atoms with van der Waals surface area (Å²) in [5.74, 6) is 0. The van der Waals surface area contributed by atoms with E-state index in [4.69, 9.17) is 16.9 Å². The minimum Gasteiger partial charge on any atom is -0.359 e. The maximum absolute atomic E-state index is 8.86. The molecule has 2 aliphatic rings. The molecule has 2 saturated heterocycles. The SMILES string of the molecule is N#Cc1sc(NC2CCN3CCCC3C2)nc1Cl. The van der Waals surface area contributed by atoms with E-state index in [9.17, 15) is 0 Å². The van der Waals surface area contributed by atoms with Crippen molar-refractivity contribution in [2.75, 3.05) is 18.4 Å². The molecule has 0 aliphatic carbocycles. The average molecular weight is 283 g/mol. The Morgan fingerprint density at radius 1 is 1.44 bits per heavy atom. The number of hydrogen-bond acceptors (Lipinski definition) is 5. The fraction of sp³-hybridized carbons (Fsp3) is 0.667. The Balaban J connectivity index is 1.64. The highest BCUT2D eigenvalue weighted by molar-refractivity contribution is 7.16. The summed E-state index contributed by atoms with van der Waals surface area (Å²) in [4.78, 5) is 7.29. The highest BCUT2D eigenvalue weighted by Crippen LogP contribution is 2.31. The summed E-state index contributed by atoms with van der Waals surface area (Å²) in [6.45, 7) is 2.44. The topological polar surface area (TPSA) is 52.0 Å². The molecule has 3 heterocycles. The van der Waals surface area contributed by atoms with Gasteiger partial charge in [-0.1, -0.05) is 22.9 Å². The fourth-order valence-corrected chi connectivity index (χ4v) is 3.99. The Bertz CT molecular complexity index is 481. The van der Waals surface area contributed by atoms with Crippen molar-refractivity contribution >= 4 is 28.1 Å². The van der Waals surface area contributed by atoms with Gasteiger partial charge in [0.25, 0.3) is 0 Å². The van der Waals surface area contributed by atoms with Crippen LogP contribution in [0.5, 0.6) is 0 Å². The van der Waals surface area contributed by atoms with Crippen LogP contribution in [-0.4, -0.2) is 35.1 Å². The van der Waals surface area contributed by atoms with Crippen LogP contribution in [0.2, 0.25) is 5.15 Å². The molecule has 2 unspecified atom stereocenters. The normalized spacial score (nSPS) is 27.8. The zero-order chi connectivity index (χ0) is 12.5. The van der Waals surface area contributed by atoms with Gasteiger partial charge in [-0.2, -0.15) is 5.26 Å². The van der Waals surface area contributed by atoms with Gasteiger partial charge in [0.05, 0.1) is 0 Å². The maximum Gasteiger partial charge on any atom is 0.185 e. The molecule has 3 rings (SSSR count). The van der Waals surface area contributed by atoms with Crippen molar-refractivity contribution in [3.05, 3.63) is 10.0 Å². The molecule has 0 spiro atoms. The molecule has 0 bridgehead atoms. The summed E-state index contributed by atoms with van der Waals surface area (Å²) in [6.07, 6.45) is 4.98. The third kappa shape index (κ3) is 2.33. The number of halogens is 1. The first-order valence-electron chi connectivity index (χ1n) is 6.33. The van der Waals surface area contributed by atoms with Crippen molar-refractivity contribution in [3.63, 3.8) is 0 Å². The highest BCUT2D eigenvalue weighted by Gasteiger charge is 2.31. The number of anilines is 1. The van der Waals surface area contributed by atoms with Crippen LogP contribution in [0.3, 0.4) is 0 Å². The lowest BCUT2D eigenvalue weighted by atomic mass is 9.98. The molecular weight excluding hydrogens is 268 g/mol. The van der Waals surface area contributed by atoms with Gasteiger partial charge in [0.1, 0.15) is 10.9 Å². The Hall–Kier alpha value is -0.830. The molecule has 6 heteroatoms. The Morgan fingerprint density at radius 3 is 3.11 bits per heavy atom. The van der Waals surface area contributed by atoms with Crippen LogP contribution in [0.15, 0.2) is 0 Å². The molecule has 1 N–H and O–H groups in total. The monoisotopic (exact) mass is 282 g/mol. The molecule has 1 aromatic heterocycles. The Labute approximate surface area is 116 Å².